The Morgan fingerprint density at radius 2 is 2.07 bits per heavy atom. The van der Waals surface area contributed by atoms with Gasteiger partial charge in [-0.15, -0.1) is 0 Å². The second-order valence-corrected chi connectivity index (χ2v) is 3.81. The molecule has 0 fully saturated rings. The van der Waals surface area contributed by atoms with Gasteiger partial charge in [0.2, 0.25) is 0 Å². The normalized spacial score (nSPS) is 19.9. The minimum atomic E-state index is 0.251. The number of nitrogens with zero attached hydrogens (tertiary/aromatic N) is 1. The Labute approximate surface area is 88.6 Å². The van der Waals surface area contributed by atoms with Crippen molar-refractivity contribution in [1.82, 2.24) is 15.3 Å². The first-order chi connectivity index (χ1) is 7.45. The van der Waals surface area contributed by atoms with Crippen molar-refractivity contribution < 1.29 is 0 Å². The number of fused-ring (bicyclic) bond motifs is 1. The molecule has 1 unspecified atom stereocenters. The average molecular weight is 199 g/mol. The van der Waals surface area contributed by atoms with Crippen LogP contribution in [-0.2, 0) is 6.42 Å². The molecule has 0 amide bonds. The van der Waals surface area contributed by atoms with Gasteiger partial charge in [-0.2, -0.15) is 0 Å². The van der Waals surface area contributed by atoms with E-state index in [0.717, 1.165) is 18.7 Å². The first-order valence-corrected chi connectivity index (χ1v) is 5.25. The van der Waals surface area contributed by atoms with Gasteiger partial charge in [-0.3, -0.25) is 0 Å². The maximum absolute atomic E-state index is 4.40. The summed E-state index contributed by atoms with van der Waals surface area (Å²) >= 11 is 0. The van der Waals surface area contributed by atoms with Gasteiger partial charge in [-0.1, -0.05) is 30.3 Å². The molecular weight excluding hydrogens is 186 g/mol. The fourth-order valence-corrected chi connectivity index (χ4v) is 2.14. The first kappa shape index (κ1) is 8.68. The van der Waals surface area contributed by atoms with Crippen molar-refractivity contribution in [3.63, 3.8) is 0 Å². The van der Waals surface area contributed by atoms with Crippen molar-refractivity contribution in [3.05, 3.63) is 53.6 Å². The Kier molecular flexibility index (Phi) is 2.03. The van der Waals surface area contributed by atoms with Gasteiger partial charge in [0.15, 0.2) is 0 Å². The third-order valence-electron chi connectivity index (χ3n) is 2.88. The van der Waals surface area contributed by atoms with Gasteiger partial charge in [-0.05, 0) is 5.56 Å². The van der Waals surface area contributed by atoms with E-state index in [1.165, 1.54) is 11.3 Å². The van der Waals surface area contributed by atoms with E-state index in [4.69, 9.17) is 0 Å². The molecule has 0 bridgehead atoms. The Bertz CT molecular complexity index is 447. The summed E-state index contributed by atoms with van der Waals surface area (Å²) in [7, 11) is 0. The summed E-state index contributed by atoms with van der Waals surface area (Å²) in [4.78, 5) is 7.60. The summed E-state index contributed by atoms with van der Waals surface area (Å²) in [5.41, 5.74) is 3.70. The van der Waals surface area contributed by atoms with Gasteiger partial charge in [0, 0.05) is 18.7 Å². The fourth-order valence-electron chi connectivity index (χ4n) is 2.14. The van der Waals surface area contributed by atoms with Crippen LogP contribution in [0.2, 0.25) is 0 Å². The Morgan fingerprint density at radius 1 is 1.20 bits per heavy atom. The van der Waals surface area contributed by atoms with Crippen LogP contribution in [0, 0.1) is 0 Å². The number of rotatable bonds is 1. The van der Waals surface area contributed by atoms with E-state index < -0.39 is 0 Å². The molecule has 2 N–H and O–H groups in total. The average Bonchev–Trinajstić information content (AvgIpc) is 2.78. The summed E-state index contributed by atoms with van der Waals surface area (Å²) in [6.07, 6.45) is 2.83. The highest BCUT2D eigenvalue weighted by atomic mass is 15.0. The third-order valence-corrected chi connectivity index (χ3v) is 2.88. The molecule has 3 nitrogen and oxygen atoms in total. The fraction of sp³-hybridized carbons (Fsp3) is 0.250. The molecule has 0 saturated carbocycles. The van der Waals surface area contributed by atoms with E-state index >= 15 is 0 Å². The van der Waals surface area contributed by atoms with E-state index in [1.54, 1.807) is 6.33 Å². The molecule has 1 atom stereocenters. The summed E-state index contributed by atoms with van der Waals surface area (Å²) < 4.78 is 0. The zero-order chi connectivity index (χ0) is 10.1. The summed E-state index contributed by atoms with van der Waals surface area (Å²) in [6.45, 7) is 1.01. The molecule has 15 heavy (non-hydrogen) atoms. The monoisotopic (exact) mass is 199 g/mol. The quantitative estimate of drug-likeness (QED) is 0.733. The Balaban J connectivity index is 2.03. The third kappa shape index (κ3) is 1.45. The van der Waals surface area contributed by atoms with Gasteiger partial charge in [0.25, 0.3) is 0 Å². The number of nitrogens with one attached hydrogen (secondary N) is 2. The molecule has 0 radical (unpaired) electrons. The molecule has 2 heterocycles. The highest BCUT2D eigenvalue weighted by Gasteiger charge is 2.22. The van der Waals surface area contributed by atoms with Crippen molar-refractivity contribution in [3.8, 4) is 0 Å². The van der Waals surface area contributed by atoms with E-state index in [0.29, 0.717) is 0 Å². The first-order valence-electron chi connectivity index (χ1n) is 5.25. The predicted octanol–water partition coefficient (Wildman–Crippen LogP) is 1.64. The number of aromatic amines is 1. The number of hydrogen-bond acceptors (Lipinski definition) is 2. The number of aromatic nitrogens is 2. The smallest absolute Gasteiger partial charge is 0.0926 e. The molecule has 1 aromatic heterocycles. The molecule has 2 aromatic rings. The van der Waals surface area contributed by atoms with E-state index in [-0.39, 0.29) is 6.04 Å². The lowest BCUT2D eigenvalue weighted by Crippen LogP contribution is -2.30. The molecule has 1 aliphatic rings. The van der Waals surface area contributed by atoms with Crippen LogP contribution in [0.25, 0.3) is 0 Å². The number of H-pyrrole nitrogens is 1. The van der Waals surface area contributed by atoms with Gasteiger partial charge in [0.05, 0.1) is 18.1 Å². The van der Waals surface area contributed by atoms with Crippen molar-refractivity contribution in [2.45, 2.75) is 12.5 Å². The predicted molar refractivity (Wildman–Crippen MR) is 58.6 cm³/mol. The van der Waals surface area contributed by atoms with Crippen LogP contribution in [0.15, 0.2) is 36.7 Å². The van der Waals surface area contributed by atoms with Crippen LogP contribution in [0.5, 0.6) is 0 Å². The molecule has 0 saturated heterocycles. The standard InChI is InChI=1S/C12H13N3/c1-2-4-9(5-3-1)11-12-10(6-7-13-11)14-8-15-12/h1-5,8,11,13H,6-7H2,(H,14,15). The molecule has 1 aliphatic heterocycles. The van der Waals surface area contributed by atoms with Gasteiger partial charge in [-0.25, -0.2) is 4.98 Å². The van der Waals surface area contributed by atoms with E-state index in [9.17, 15) is 0 Å². The molecule has 3 rings (SSSR count). The lowest BCUT2D eigenvalue weighted by molar-refractivity contribution is 0.553. The van der Waals surface area contributed by atoms with Gasteiger partial charge in [0.1, 0.15) is 0 Å². The largest absolute Gasteiger partial charge is 0.348 e. The van der Waals surface area contributed by atoms with Crippen LogP contribution in [0.4, 0.5) is 0 Å². The maximum atomic E-state index is 4.40. The van der Waals surface area contributed by atoms with Crippen LogP contribution in [0.1, 0.15) is 23.0 Å². The Hall–Kier alpha value is -1.61. The molecule has 0 spiro atoms. The van der Waals surface area contributed by atoms with E-state index in [1.807, 2.05) is 6.07 Å². The zero-order valence-electron chi connectivity index (χ0n) is 8.40. The summed E-state index contributed by atoms with van der Waals surface area (Å²) in [5, 5.41) is 3.50. The second kappa shape index (κ2) is 3.51. The van der Waals surface area contributed by atoms with Crippen LogP contribution in [0.3, 0.4) is 0 Å². The minimum Gasteiger partial charge on any atom is -0.348 e. The second-order valence-electron chi connectivity index (χ2n) is 3.81. The molecular formula is C12H13N3. The van der Waals surface area contributed by atoms with Crippen LogP contribution < -0.4 is 5.32 Å². The van der Waals surface area contributed by atoms with E-state index in [2.05, 4.69) is 39.6 Å². The number of imidazole rings is 1. The lowest BCUT2D eigenvalue weighted by Gasteiger charge is -2.23. The Morgan fingerprint density at radius 3 is 2.93 bits per heavy atom. The molecule has 0 aliphatic carbocycles. The minimum absolute atomic E-state index is 0.251. The molecule has 3 heteroatoms. The summed E-state index contributed by atoms with van der Waals surface area (Å²) in [5.74, 6) is 0. The van der Waals surface area contributed by atoms with Crippen molar-refractivity contribution in [1.29, 1.82) is 0 Å². The molecule has 1 aromatic carbocycles. The number of benzene rings is 1. The molecule has 76 valence electrons. The number of hydrogen-bond donors (Lipinski definition) is 2. The van der Waals surface area contributed by atoms with Crippen LogP contribution in [-0.4, -0.2) is 16.5 Å². The van der Waals surface area contributed by atoms with Crippen molar-refractivity contribution in [2.75, 3.05) is 6.54 Å². The lowest BCUT2D eigenvalue weighted by atomic mass is 9.98. The van der Waals surface area contributed by atoms with Crippen molar-refractivity contribution >= 4 is 0 Å². The van der Waals surface area contributed by atoms with Gasteiger partial charge >= 0.3 is 0 Å². The zero-order valence-corrected chi connectivity index (χ0v) is 8.40. The summed E-state index contributed by atoms with van der Waals surface area (Å²) in [6, 6.07) is 10.7. The maximum Gasteiger partial charge on any atom is 0.0926 e. The SMILES string of the molecule is c1ccc(C2NCCc3[nH]cnc32)cc1. The topological polar surface area (TPSA) is 40.7 Å². The highest BCUT2D eigenvalue weighted by Crippen LogP contribution is 2.25. The van der Waals surface area contributed by atoms with Crippen molar-refractivity contribution in [2.24, 2.45) is 0 Å². The van der Waals surface area contributed by atoms with Crippen LogP contribution >= 0.6 is 0 Å². The van der Waals surface area contributed by atoms with Gasteiger partial charge < -0.3 is 10.3 Å². The highest BCUT2D eigenvalue weighted by molar-refractivity contribution is 5.31.